The lowest BCUT2D eigenvalue weighted by atomic mass is 10.0. The second-order valence-corrected chi connectivity index (χ2v) is 9.27. The monoisotopic (exact) mass is 516 g/mol. The molecule has 3 aromatic carbocycles. The summed E-state index contributed by atoms with van der Waals surface area (Å²) in [5, 5.41) is 4.41. The highest BCUT2D eigenvalue weighted by Gasteiger charge is 2.31. The van der Waals surface area contributed by atoms with Gasteiger partial charge in [-0.3, -0.25) is 9.59 Å². The first kappa shape index (κ1) is 26.1. The molecule has 2 amide bonds. The highest BCUT2D eigenvalue weighted by Crippen LogP contribution is 2.25. The average Bonchev–Trinajstić information content (AvgIpc) is 2.83. The summed E-state index contributed by atoms with van der Waals surface area (Å²) in [6.07, 6.45) is 1.23. The summed E-state index contributed by atoms with van der Waals surface area (Å²) in [5.74, 6) is -0.421. The van der Waals surface area contributed by atoms with E-state index in [0.29, 0.717) is 39.2 Å². The van der Waals surface area contributed by atoms with E-state index in [9.17, 15) is 9.59 Å². The Labute approximate surface area is 215 Å². The van der Waals surface area contributed by atoms with E-state index in [1.165, 1.54) is 0 Å². The van der Waals surface area contributed by atoms with Crippen molar-refractivity contribution in [1.82, 2.24) is 10.2 Å². The lowest BCUT2D eigenvalue weighted by Gasteiger charge is -2.32. The zero-order chi connectivity index (χ0) is 24.5. The molecule has 34 heavy (non-hydrogen) atoms. The highest BCUT2D eigenvalue weighted by atomic mass is 35.5. The largest absolute Gasteiger partial charge is 0.354 e. The molecule has 0 saturated carbocycles. The molecule has 0 fully saturated rings. The van der Waals surface area contributed by atoms with Gasteiger partial charge in [-0.25, -0.2) is 0 Å². The van der Waals surface area contributed by atoms with Crippen LogP contribution in [0.3, 0.4) is 0 Å². The number of hydrogen-bond acceptors (Lipinski definition) is 2. The van der Waals surface area contributed by atoms with Gasteiger partial charge in [-0.1, -0.05) is 96.3 Å². The first-order valence-electron chi connectivity index (χ1n) is 11.2. The molecule has 0 aliphatic heterocycles. The molecule has 3 aromatic rings. The van der Waals surface area contributed by atoms with Crippen molar-refractivity contribution in [3.8, 4) is 0 Å². The fraction of sp³-hybridized carbons (Fsp3) is 0.259. The standard InChI is InChI=1S/C27H27Cl3N2O2/c1-2-14-31-27(34)25(15-19-8-4-3-5-9-19)32(18-21-12-13-22(28)17-24(21)30)26(33)16-20-10-6-7-11-23(20)29/h3-13,17,25H,2,14-16,18H2,1H3,(H,31,34). The quantitative estimate of drug-likeness (QED) is 0.340. The fourth-order valence-corrected chi connectivity index (χ4v) is 4.33. The number of benzene rings is 3. The second-order valence-electron chi connectivity index (χ2n) is 8.02. The molecule has 0 spiro atoms. The predicted molar refractivity (Wildman–Crippen MR) is 139 cm³/mol. The Morgan fingerprint density at radius 1 is 0.882 bits per heavy atom. The minimum Gasteiger partial charge on any atom is -0.354 e. The lowest BCUT2D eigenvalue weighted by molar-refractivity contribution is -0.140. The summed E-state index contributed by atoms with van der Waals surface area (Å²) < 4.78 is 0. The molecular formula is C27H27Cl3N2O2. The van der Waals surface area contributed by atoms with E-state index in [4.69, 9.17) is 34.8 Å². The first-order chi connectivity index (χ1) is 16.4. The molecule has 1 unspecified atom stereocenters. The van der Waals surface area contributed by atoms with Crippen molar-refractivity contribution in [2.24, 2.45) is 0 Å². The van der Waals surface area contributed by atoms with Crippen LogP contribution in [0.4, 0.5) is 0 Å². The number of nitrogens with zero attached hydrogens (tertiary/aromatic N) is 1. The van der Waals surface area contributed by atoms with Gasteiger partial charge in [0.25, 0.3) is 0 Å². The Kier molecular flexibility index (Phi) is 9.82. The molecule has 7 heteroatoms. The van der Waals surface area contributed by atoms with Crippen molar-refractivity contribution < 1.29 is 9.59 Å². The minimum absolute atomic E-state index is 0.0667. The van der Waals surface area contributed by atoms with Crippen LogP contribution in [0.2, 0.25) is 15.1 Å². The molecule has 0 aromatic heterocycles. The van der Waals surface area contributed by atoms with Crippen molar-refractivity contribution in [1.29, 1.82) is 0 Å². The van der Waals surface area contributed by atoms with Crippen LogP contribution in [0.1, 0.15) is 30.0 Å². The Balaban J connectivity index is 1.99. The average molecular weight is 518 g/mol. The molecule has 1 N–H and O–H groups in total. The van der Waals surface area contributed by atoms with Gasteiger partial charge in [0, 0.05) is 34.6 Å². The summed E-state index contributed by atoms with van der Waals surface area (Å²) in [5.41, 5.74) is 2.37. The number of nitrogens with one attached hydrogen (secondary N) is 1. The molecule has 4 nitrogen and oxygen atoms in total. The molecule has 0 bridgehead atoms. The zero-order valence-electron chi connectivity index (χ0n) is 18.9. The van der Waals surface area contributed by atoms with Crippen molar-refractivity contribution in [3.05, 3.63) is 105 Å². The number of hydrogen-bond donors (Lipinski definition) is 1. The van der Waals surface area contributed by atoms with Crippen LogP contribution in [0, 0.1) is 0 Å². The van der Waals surface area contributed by atoms with Crippen LogP contribution >= 0.6 is 34.8 Å². The van der Waals surface area contributed by atoms with Gasteiger partial charge in [0.05, 0.1) is 6.42 Å². The summed E-state index contributed by atoms with van der Waals surface area (Å²) in [6.45, 7) is 2.68. The zero-order valence-corrected chi connectivity index (χ0v) is 21.2. The highest BCUT2D eigenvalue weighted by molar-refractivity contribution is 6.35. The molecule has 1 atom stereocenters. The maximum Gasteiger partial charge on any atom is 0.243 e. The molecule has 0 radical (unpaired) electrons. The minimum atomic E-state index is -0.726. The van der Waals surface area contributed by atoms with Crippen molar-refractivity contribution in [2.75, 3.05) is 6.54 Å². The summed E-state index contributed by atoms with van der Waals surface area (Å²) >= 11 is 18.9. The third kappa shape index (κ3) is 7.23. The van der Waals surface area contributed by atoms with Gasteiger partial charge in [0.2, 0.25) is 11.8 Å². The molecule has 0 heterocycles. The van der Waals surface area contributed by atoms with Crippen LogP contribution in [0.25, 0.3) is 0 Å². The van der Waals surface area contributed by atoms with Crippen LogP contribution < -0.4 is 5.32 Å². The van der Waals surface area contributed by atoms with E-state index in [0.717, 1.165) is 12.0 Å². The van der Waals surface area contributed by atoms with Crippen LogP contribution in [-0.2, 0) is 29.0 Å². The number of halogens is 3. The topological polar surface area (TPSA) is 49.4 Å². The third-order valence-corrected chi connectivity index (χ3v) is 6.43. The van der Waals surface area contributed by atoms with E-state index in [1.807, 2.05) is 55.5 Å². The van der Waals surface area contributed by atoms with E-state index >= 15 is 0 Å². The molecular weight excluding hydrogens is 491 g/mol. The van der Waals surface area contributed by atoms with Gasteiger partial charge in [-0.15, -0.1) is 0 Å². The fourth-order valence-electron chi connectivity index (χ4n) is 3.66. The van der Waals surface area contributed by atoms with E-state index in [2.05, 4.69) is 5.32 Å². The van der Waals surface area contributed by atoms with Gasteiger partial charge in [-0.05, 0) is 41.3 Å². The summed E-state index contributed by atoms with van der Waals surface area (Å²) in [7, 11) is 0. The van der Waals surface area contributed by atoms with Crippen LogP contribution in [0.15, 0.2) is 72.8 Å². The van der Waals surface area contributed by atoms with Crippen LogP contribution in [-0.4, -0.2) is 29.3 Å². The van der Waals surface area contributed by atoms with Crippen LogP contribution in [0.5, 0.6) is 0 Å². The summed E-state index contributed by atoms with van der Waals surface area (Å²) in [4.78, 5) is 28.6. The molecule has 0 aliphatic rings. The molecule has 0 aliphatic carbocycles. The number of carbonyl (C=O) groups excluding carboxylic acids is 2. The summed E-state index contributed by atoms with van der Waals surface area (Å²) in [6, 6.07) is 21.3. The van der Waals surface area contributed by atoms with Crippen molar-refractivity contribution >= 4 is 46.6 Å². The maximum atomic E-state index is 13.7. The molecule has 0 saturated heterocycles. The van der Waals surface area contributed by atoms with E-state index in [-0.39, 0.29) is 24.8 Å². The van der Waals surface area contributed by atoms with Gasteiger partial charge >= 0.3 is 0 Å². The maximum absolute atomic E-state index is 13.7. The van der Waals surface area contributed by atoms with E-state index < -0.39 is 6.04 Å². The van der Waals surface area contributed by atoms with Crippen molar-refractivity contribution in [3.63, 3.8) is 0 Å². The second kappa shape index (κ2) is 12.8. The normalized spacial score (nSPS) is 11.6. The Bertz CT molecular complexity index is 1120. The van der Waals surface area contributed by atoms with E-state index in [1.54, 1.807) is 29.2 Å². The SMILES string of the molecule is CCCNC(=O)C(Cc1ccccc1)N(Cc1ccc(Cl)cc1Cl)C(=O)Cc1ccccc1Cl. The molecule has 3 rings (SSSR count). The van der Waals surface area contributed by atoms with Gasteiger partial charge in [0.1, 0.15) is 6.04 Å². The third-order valence-electron chi connectivity index (χ3n) is 5.48. The molecule has 178 valence electrons. The number of carbonyl (C=O) groups is 2. The smallest absolute Gasteiger partial charge is 0.243 e. The first-order valence-corrected chi connectivity index (χ1v) is 12.3. The van der Waals surface area contributed by atoms with Gasteiger partial charge in [0.15, 0.2) is 0 Å². The van der Waals surface area contributed by atoms with Gasteiger partial charge < -0.3 is 10.2 Å². The Hall–Kier alpha value is -2.53. The Morgan fingerprint density at radius 3 is 2.26 bits per heavy atom. The van der Waals surface area contributed by atoms with Gasteiger partial charge in [-0.2, -0.15) is 0 Å². The lowest BCUT2D eigenvalue weighted by Crippen LogP contribution is -2.51. The van der Waals surface area contributed by atoms with Crippen molar-refractivity contribution in [2.45, 2.75) is 38.8 Å². The Morgan fingerprint density at radius 2 is 1.59 bits per heavy atom. The predicted octanol–water partition coefficient (Wildman–Crippen LogP) is 6.36. The number of rotatable bonds is 10. The number of amides is 2.